The van der Waals surface area contributed by atoms with Crippen molar-refractivity contribution in [2.75, 3.05) is 10.0 Å². The third-order valence-electron chi connectivity index (χ3n) is 4.34. The Bertz CT molecular complexity index is 1150. The molecule has 0 aliphatic rings. The lowest BCUT2D eigenvalue weighted by atomic mass is 10.1. The number of hydrogen-bond donors (Lipinski definition) is 2. The van der Waals surface area contributed by atoms with Crippen LogP contribution in [0, 0.1) is 20.8 Å². The Morgan fingerprint density at radius 1 is 0.862 bits per heavy atom. The Morgan fingerprint density at radius 2 is 1.48 bits per heavy atom. The van der Waals surface area contributed by atoms with Crippen molar-refractivity contribution >= 4 is 38.9 Å². The molecule has 1 amide bonds. The minimum atomic E-state index is -3.75. The average Bonchev–Trinajstić information content (AvgIpc) is 2.62. The first-order chi connectivity index (χ1) is 13.6. The molecule has 0 fully saturated rings. The van der Waals surface area contributed by atoms with Gasteiger partial charge in [-0.05, 0) is 92.1 Å². The number of sulfonamides is 1. The van der Waals surface area contributed by atoms with Crippen LogP contribution in [0.25, 0.3) is 0 Å². The predicted octanol–water partition coefficient (Wildman–Crippen LogP) is 5.32. The zero-order valence-electron chi connectivity index (χ0n) is 16.3. The third kappa shape index (κ3) is 5.16. The molecule has 2 N–H and O–H groups in total. The zero-order valence-corrected chi connectivity index (χ0v) is 17.9. The second-order valence-electron chi connectivity index (χ2n) is 6.92. The molecule has 7 heteroatoms. The van der Waals surface area contributed by atoms with E-state index >= 15 is 0 Å². The van der Waals surface area contributed by atoms with Gasteiger partial charge in [-0.3, -0.25) is 9.52 Å². The van der Waals surface area contributed by atoms with Crippen LogP contribution in [0.4, 0.5) is 11.4 Å². The van der Waals surface area contributed by atoms with Gasteiger partial charge in [0.25, 0.3) is 15.9 Å². The Labute approximate surface area is 175 Å². The standard InChI is InChI=1S/C22H21ClN2O3S/c1-14-10-15(2)12-19(11-14)24-22(26)17-4-9-21(16(3)13-17)25-29(27,28)20-7-5-18(23)6-8-20/h4-13,25H,1-3H3,(H,24,26). The van der Waals surface area contributed by atoms with Crippen LogP contribution in [0.3, 0.4) is 0 Å². The fourth-order valence-electron chi connectivity index (χ4n) is 2.99. The molecule has 0 atom stereocenters. The van der Waals surface area contributed by atoms with Gasteiger partial charge in [0.2, 0.25) is 0 Å². The van der Waals surface area contributed by atoms with E-state index in [0.717, 1.165) is 16.8 Å². The maximum atomic E-state index is 12.6. The molecule has 0 heterocycles. The van der Waals surface area contributed by atoms with E-state index in [0.29, 0.717) is 21.8 Å². The first-order valence-electron chi connectivity index (χ1n) is 8.93. The Kier molecular flexibility index (Phi) is 5.96. The highest BCUT2D eigenvalue weighted by molar-refractivity contribution is 7.92. The average molecular weight is 429 g/mol. The molecule has 5 nitrogen and oxygen atoms in total. The fourth-order valence-corrected chi connectivity index (χ4v) is 4.24. The van der Waals surface area contributed by atoms with Crippen LogP contribution in [0.15, 0.2) is 65.6 Å². The highest BCUT2D eigenvalue weighted by atomic mass is 35.5. The lowest BCUT2D eigenvalue weighted by Gasteiger charge is -2.13. The largest absolute Gasteiger partial charge is 0.322 e. The van der Waals surface area contributed by atoms with Gasteiger partial charge in [0, 0.05) is 16.3 Å². The summed E-state index contributed by atoms with van der Waals surface area (Å²) in [5, 5.41) is 3.33. The summed E-state index contributed by atoms with van der Waals surface area (Å²) in [5.74, 6) is -0.259. The molecule has 3 aromatic rings. The van der Waals surface area contributed by atoms with Crippen molar-refractivity contribution in [3.63, 3.8) is 0 Å². The van der Waals surface area contributed by atoms with Crippen LogP contribution >= 0.6 is 11.6 Å². The van der Waals surface area contributed by atoms with Gasteiger partial charge in [-0.2, -0.15) is 0 Å². The number of aryl methyl sites for hydroxylation is 3. The highest BCUT2D eigenvalue weighted by Gasteiger charge is 2.16. The normalized spacial score (nSPS) is 11.2. The number of carbonyl (C=O) groups is 1. The van der Waals surface area contributed by atoms with Gasteiger partial charge in [-0.15, -0.1) is 0 Å². The van der Waals surface area contributed by atoms with Crippen molar-refractivity contribution < 1.29 is 13.2 Å². The van der Waals surface area contributed by atoms with E-state index in [2.05, 4.69) is 10.0 Å². The minimum absolute atomic E-state index is 0.109. The van der Waals surface area contributed by atoms with Crippen LogP contribution in [0.1, 0.15) is 27.0 Å². The predicted molar refractivity (Wildman–Crippen MR) is 117 cm³/mol. The molecule has 0 aliphatic heterocycles. The molecular formula is C22H21ClN2O3S. The Balaban J connectivity index is 1.79. The molecule has 0 radical (unpaired) electrons. The number of hydrogen-bond acceptors (Lipinski definition) is 3. The summed E-state index contributed by atoms with van der Waals surface area (Å²) in [7, 11) is -3.75. The molecule has 0 aliphatic carbocycles. The van der Waals surface area contributed by atoms with E-state index in [1.165, 1.54) is 24.3 Å². The summed E-state index contributed by atoms with van der Waals surface area (Å²) < 4.78 is 27.7. The lowest BCUT2D eigenvalue weighted by molar-refractivity contribution is 0.102. The van der Waals surface area contributed by atoms with Crippen molar-refractivity contribution in [2.45, 2.75) is 25.7 Å². The van der Waals surface area contributed by atoms with E-state index in [9.17, 15) is 13.2 Å². The molecular weight excluding hydrogens is 408 g/mol. The van der Waals surface area contributed by atoms with Gasteiger partial charge in [0.1, 0.15) is 0 Å². The molecule has 0 saturated carbocycles. The number of carbonyl (C=O) groups excluding carboxylic acids is 1. The second-order valence-corrected chi connectivity index (χ2v) is 9.04. The van der Waals surface area contributed by atoms with Gasteiger partial charge in [-0.25, -0.2) is 8.42 Å². The molecule has 0 unspecified atom stereocenters. The van der Waals surface area contributed by atoms with Gasteiger partial charge in [0.05, 0.1) is 10.6 Å². The zero-order chi connectivity index (χ0) is 21.2. The summed E-state index contributed by atoms with van der Waals surface area (Å²) in [5.41, 5.74) is 4.32. The first-order valence-corrected chi connectivity index (χ1v) is 10.8. The topological polar surface area (TPSA) is 75.3 Å². The minimum Gasteiger partial charge on any atom is -0.322 e. The molecule has 0 aromatic heterocycles. The van der Waals surface area contributed by atoms with E-state index < -0.39 is 10.0 Å². The van der Waals surface area contributed by atoms with E-state index in [1.54, 1.807) is 25.1 Å². The number of halogens is 1. The van der Waals surface area contributed by atoms with Crippen molar-refractivity contribution in [1.82, 2.24) is 0 Å². The SMILES string of the molecule is Cc1cc(C)cc(NC(=O)c2ccc(NS(=O)(=O)c3ccc(Cl)cc3)c(C)c2)c1. The van der Waals surface area contributed by atoms with Gasteiger partial charge in [-0.1, -0.05) is 17.7 Å². The molecule has 0 saturated heterocycles. The van der Waals surface area contributed by atoms with Gasteiger partial charge in [0.15, 0.2) is 0 Å². The molecule has 3 rings (SSSR count). The smallest absolute Gasteiger partial charge is 0.261 e. The van der Waals surface area contributed by atoms with Crippen molar-refractivity contribution in [3.8, 4) is 0 Å². The Morgan fingerprint density at radius 3 is 2.07 bits per heavy atom. The van der Waals surface area contributed by atoms with Crippen LogP contribution < -0.4 is 10.0 Å². The number of anilines is 2. The molecule has 3 aromatic carbocycles. The van der Waals surface area contributed by atoms with E-state index in [1.807, 2.05) is 32.0 Å². The summed E-state index contributed by atoms with van der Waals surface area (Å²) in [4.78, 5) is 12.7. The van der Waals surface area contributed by atoms with E-state index in [4.69, 9.17) is 11.6 Å². The van der Waals surface area contributed by atoms with Gasteiger partial charge < -0.3 is 5.32 Å². The summed E-state index contributed by atoms with van der Waals surface area (Å²) in [6.07, 6.45) is 0. The molecule has 150 valence electrons. The van der Waals surface area contributed by atoms with Crippen LogP contribution in [0.2, 0.25) is 5.02 Å². The number of nitrogens with one attached hydrogen (secondary N) is 2. The van der Waals surface area contributed by atoms with Crippen molar-refractivity contribution in [1.29, 1.82) is 0 Å². The van der Waals surface area contributed by atoms with Gasteiger partial charge >= 0.3 is 0 Å². The Hall–Kier alpha value is -2.83. The second kappa shape index (κ2) is 8.27. The maximum absolute atomic E-state index is 12.6. The molecule has 0 bridgehead atoms. The first kappa shape index (κ1) is 20.9. The summed E-state index contributed by atoms with van der Waals surface area (Å²) >= 11 is 5.82. The van der Waals surface area contributed by atoms with Crippen molar-refractivity contribution in [2.24, 2.45) is 0 Å². The fraction of sp³-hybridized carbons (Fsp3) is 0.136. The highest BCUT2D eigenvalue weighted by Crippen LogP contribution is 2.23. The summed E-state index contributed by atoms with van der Waals surface area (Å²) in [6, 6.07) is 16.5. The number of rotatable bonds is 5. The molecule has 0 spiro atoms. The van der Waals surface area contributed by atoms with Crippen LogP contribution in [-0.4, -0.2) is 14.3 Å². The number of amides is 1. The monoisotopic (exact) mass is 428 g/mol. The van der Waals surface area contributed by atoms with Crippen LogP contribution in [0.5, 0.6) is 0 Å². The quantitative estimate of drug-likeness (QED) is 0.577. The van der Waals surface area contributed by atoms with Crippen molar-refractivity contribution in [3.05, 3.63) is 87.9 Å². The summed E-state index contributed by atoms with van der Waals surface area (Å²) in [6.45, 7) is 5.68. The van der Waals surface area contributed by atoms with Crippen LogP contribution in [-0.2, 0) is 10.0 Å². The third-order valence-corrected chi connectivity index (χ3v) is 5.97. The number of benzene rings is 3. The van der Waals surface area contributed by atoms with E-state index in [-0.39, 0.29) is 10.8 Å². The maximum Gasteiger partial charge on any atom is 0.261 e. The molecule has 29 heavy (non-hydrogen) atoms. The lowest BCUT2D eigenvalue weighted by Crippen LogP contribution is -2.15.